The zero-order valence-electron chi connectivity index (χ0n) is 10.1. The molecule has 0 amide bonds. The first-order valence-electron chi connectivity index (χ1n) is 5.45. The number of benzene rings is 1. The smallest absolute Gasteiger partial charge is 0.348 e. The van der Waals surface area contributed by atoms with Crippen LogP contribution in [0.25, 0.3) is 0 Å². The Labute approximate surface area is 124 Å². The molecule has 100 valence electrons. The van der Waals surface area contributed by atoms with E-state index in [1.807, 2.05) is 6.92 Å². The van der Waals surface area contributed by atoms with Gasteiger partial charge in [-0.15, -0.1) is 11.3 Å². The number of esters is 1. The second-order valence-electron chi connectivity index (χ2n) is 3.90. The molecule has 0 radical (unpaired) electrons. The molecule has 0 saturated carbocycles. The second kappa shape index (κ2) is 5.82. The van der Waals surface area contributed by atoms with Gasteiger partial charge < -0.3 is 10.5 Å². The van der Waals surface area contributed by atoms with Crippen molar-refractivity contribution in [3.8, 4) is 0 Å². The molecule has 6 heteroatoms. The van der Waals surface area contributed by atoms with Crippen LogP contribution in [0, 0.1) is 6.92 Å². The summed E-state index contributed by atoms with van der Waals surface area (Å²) in [6.07, 6.45) is 0. The minimum Gasteiger partial charge on any atom is -0.457 e. The lowest BCUT2D eigenvalue weighted by Gasteiger charge is -2.07. The van der Waals surface area contributed by atoms with Gasteiger partial charge in [-0.25, -0.2) is 4.79 Å². The fourth-order valence-electron chi connectivity index (χ4n) is 1.48. The van der Waals surface area contributed by atoms with Crippen LogP contribution in [0.5, 0.6) is 0 Å². The number of nitrogen functional groups attached to an aromatic ring is 1. The van der Waals surface area contributed by atoms with Gasteiger partial charge in [-0.1, -0.05) is 29.3 Å². The molecular formula is C13H11Cl2NO2S. The molecule has 0 bridgehead atoms. The lowest BCUT2D eigenvalue weighted by Crippen LogP contribution is -2.04. The summed E-state index contributed by atoms with van der Waals surface area (Å²) in [4.78, 5) is 13.2. The molecule has 2 N–H and O–H groups in total. The Bertz CT molecular complexity index is 585. The molecule has 0 atom stereocenters. The molecule has 0 spiro atoms. The molecule has 3 nitrogen and oxygen atoms in total. The first-order valence-corrected chi connectivity index (χ1v) is 7.02. The fourth-order valence-corrected chi connectivity index (χ4v) is 2.82. The molecule has 1 aromatic heterocycles. The molecule has 1 aromatic carbocycles. The molecule has 0 aliphatic rings. The van der Waals surface area contributed by atoms with Crippen molar-refractivity contribution in [3.05, 3.63) is 49.6 Å². The van der Waals surface area contributed by atoms with E-state index in [0.717, 1.165) is 4.88 Å². The predicted octanol–water partition coefficient (Wildman–Crippen LogP) is 4.30. The molecule has 0 aliphatic carbocycles. The summed E-state index contributed by atoms with van der Waals surface area (Å²) in [7, 11) is 0. The van der Waals surface area contributed by atoms with Crippen molar-refractivity contribution >= 4 is 46.2 Å². The molecular weight excluding hydrogens is 305 g/mol. The number of carbonyl (C=O) groups is 1. The number of hydrogen-bond acceptors (Lipinski definition) is 4. The predicted molar refractivity (Wildman–Crippen MR) is 79.0 cm³/mol. The Balaban J connectivity index is 2.08. The van der Waals surface area contributed by atoms with E-state index in [1.165, 1.54) is 11.3 Å². The van der Waals surface area contributed by atoms with Gasteiger partial charge in [-0.3, -0.25) is 0 Å². The number of carbonyl (C=O) groups excluding carboxylic acids is 1. The van der Waals surface area contributed by atoms with E-state index in [0.29, 0.717) is 26.2 Å². The summed E-state index contributed by atoms with van der Waals surface area (Å²) < 4.78 is 5.19. The minimum atomic E-state index is -0.430. The van der Waals surface area contributed by atoms with E-state index in [4.69, 9.17) is 33.7 Å². The Kier molecular flexibility index (Phi) is 4.34. The molecule has 2 aromatic rings. The summed E-state index contributed by atoms with van der Waals surface area (Å²) in [5.74, 6) is -0.430. The van der Waals surface area contributed by atoms with Crippen LogP contribution in [0.3, 0.4) is 0 Å². The zero-order chi connectivity index (χ0) is 14.0. The summed E-state index contributed by atoms with van der Waals surface area (Å²) in [5, 5.41) is 0.948. The van der Waals surface area contributed by atoms with Crippen LogP contribution >= 0.6 is 34.5 Å². The first kappa shape index (κ1) is 14.2. The van der Waals surface area contributed by atoms with Crippen LogP contribution in [0.4, 0.5) is 5.69 Å². The lowest BCUT2D eigenvalue weighted by atomic mass is 10.2. The Morgan fingerprint density at radius 1 is 1.37 bits per heavy atom. The van der Waals surface area contributed by atoms with Crippen LogP contribution in [-0.2, 0) is 11.3 Å². The summed E-state index contributed by atoms with van der Waals surface area (Å²) in [5.41, 5.74) is 6.88. The maximum Gasteiger partial charge on any atom is 0.348 e. The number of aryl methyl sites for hydroxylation is 1. The highest BCUT2D eigenvalue weighted by atomic mass is 35.5. The summed E-state index contributed by atoms with van der Waals surface area (Å²) in [6.45, 7) is 1.88. The lowest BCUT2D eigenvalue weighted by molar-refractivity contribution is 0.0479. The third-order valence-corrected chi connectivity index (χ3v) is 4.32. The van der Waals surface area contributed by atoms with Gasteiger partial charge in [-0.2, -0.15) is 0 Å². The topological polar surface area (TPSA) is 52.3 Å². The molecule has 2 rings (SSSR count). The number of rotatable bonds is 3. The number of ether oxygens (including phenoxy) is 1. The molecule has 0 aliphatic heterocycles. The standard InChI is InChI=1S/C13H11Cl2NO2S/c1-7-11(16)5-12(19-7)13(17)18-6-8-9(14)3-2-4-10(8)15/h2-5H,6,16H2,1H3. The average Bonchev–Trinajstić information content (AvgIpc) is 2.69. The van der Waals surface area contributed by atoms with E-state index in [2.05, 4.69) is 0 Å². The van der Waals surface area contributed by atoms with E-state index < -0.39 is 5.97 Å². The van der Waals surface area contributed by atoms with Gasteiger partial charge in [-0.05, 0) is 25.1 Å². The maximum absolute atomic E-state index is 11.9. The van der Waals surface area contributed by atoms with Gasteiger partial charge in [0.15, 0.2) is 0 Å². The Morgan fingerprint density at radius 3 is 2.53 bits per heavy atom. The number of anilines is 1. The van der Waals surface area contributed by atoms with Crippen LogP contribution in [0.1, 0.15) is 20.1 Å². The van der Waals surface area contributed by atoms with Crippen molar-refractivity contribution in [2.75, 3.05) is 5.73 Å². The number of nitrogens with two attached hydrogens (primary N) is 1. The van der Waals surface area contributed by atoms with E-state index >= 15 is 0 Å². The normalized spacial score (nSPS) is 10.5. The summed E-state index contributed by atoms with van der Waals surface area (Å²) in [6, 6.07) is 6.74. The van der Waals surface area contributed by atoms with E-state index in [1.54, 1.807) is 24.3 Å². The van der Waals surface area contributed by atoms with Crippen molar-refractivity contribution in [1.29, 1.82) is 0 Å². The van der Waals surface area contributed by atoms with Gasteiger partial charge in [0.25, 0.3) is 0 Å². The number of hydrogen-bond donors (Lipinski definition) is 1. The molecule has 0 unspecified atom stereocenters. The third-order valence-electron chi connectivity index (χ3n) is 2.57. The van der Waals surface area contributed by atoms with Crippen molar-refractivity contribution in [2.45, 2.75) is 13.5 Å². The van der Waals surface area contributed by atoms with Crippen molar-refractivity contribution < 1.29 is 9.53 Å². The highest BCUT2D eigenvalue weighted by Crippen LogP contribution is 2.27. The van der Waals surface area contributed by atoms with Crippen LogP contribution in [0.2, 0.25) is 10.0 Å². The second-order valence-corrected chi connectivity index (χ2v) is 5.97. The highest BCUT2D eigenvalue weighted by Gasteiger charge is 2.14. The van der Waals surface area contributed by atoms with Crippen molar-refractivity contribution in [1.82, 2.24) is 0 Å². The number of thiophene rings is 1. The first-order chi connectivity index (χ1) is 8.99. The monoisotopic (exact) mass is 315 g/mol. The zero-order valence-corrected chi connectivity index (χ0v) is 12.4. The molecule has 1 heterocycles. The van der Waals surface area contributed by atoms with E-state index in [9.17, 15) is 4.79 Å². The Morgan fingerprint density at radius 2 is 2.00 bits per heavy atom. The third kappa shape index (κ3) is 3.21. The van der Waals surface area contributed by atoms with Gasteiger partial charge in [0, 0.05) is 26.2 Å². The van der Waals surface area contributed by atoms with Crippen LogP contribution in [-0.4, -0.2) is 5.97 Å². The fraction of sp³-hybridized carbons (Fsp3) is 0.154. The van der Waals surface area contributed by atoms with Gasteiger partial charge in [0.1, 0.15) is 11.5 Å². The number of halogens is 2. The largest absolute Gasteiger partial charge is 0.457 e. The van der Waals surface area contributed by atoms with Crippen molar-refractivity contribution in [2.24, 2.45) is 0 Å². The van der Waals surface area contributed by atoms with Crippen molar-refractivity contribution in [3.63, 3.8) is 0 Å². The quantitative estimate of drug-likeness (QED) is 0.859. The average molecular weight is 316 g/mol. The van der Waals surface area contributed by atoms with Gasteiger partial charge in [0.2, 0.25) is 0 Å². The van der Waals surface area contributed by atoms with E-state index in [-0.39, 0.29) is 6.61 Å². The highest BCUT2D eigenvalue weighted by molar-refractivity contribution is 7.14. The SMILES string of the molecule is Cc1sc(C(=O)OCc2c(Cl)cccc2Cl)cc1N. The van der Waals surface area contributed by atoms with Gasteiger partial charge >= 0.3 is 5.97 Å². The molecule has 0 fully saturated rings. The Hall–Kier alpha value is -1.23. The summed E-state index contributed by atoms with van der Waals surface area (Å²) >= 11 is 13.3. The molecule has 0 saturated heterocycles. The minimum absolute atomic E-state index is 0.0359. The van der Waals surface area contributed by atoms with Crippen LogP contribution < -0.4 is 5.73 Å². The maximum atomic E-state index is 11.9. The molecule has 19 heavy (non-hydrogen) atoms. The van der Waals surface area contributed by atoms with Crippen LogP contribution in [0.15, 0.2) is 24.3 Å². The van der Waals surface area contributed by atoms with Gasteiger partial charge in [0.05, 0.1) is 0 Å².